The van der Waals surface area contributed by atoms with E-state index in [1.54, 1.807) is 0 Å². The average Bonchev–Trinajstić information content (AvgIpc) is 2.28. The second-order valence-corrected chi connectivity index (χ2v) is 4.31. The summed E-state index contributed by atoms with van der Waals surface area (Å²) in [4.78, 5) is 12.1. The monoisotopic (exact) mass is 229 g/mol. The second kappa shape index (κ2) is 5.16. The summed E-state index contributed by atoms with van der Waals surface area (Å²) in [6.07, 6.45) is 0.892. The lowest BCUT2D eigenvalue weighted by Gasteiger charge is -2.34. The Morgan fingerprint density at radius 2 is 2.06 bits per heavy atom. The van der Waals surface area contributed by atoms with Gasteiger partial charge in [-0.05, 0) is 26.7 Å². The van der Waals surface area contributed by atoms with Gasteiger partial charge in [0.15, 0.2) is 5.84 Å². The molecule has 1 fully saturated rings. The highest BCUT2D eigenvalue weighted by atomic mass is 16.5. The zero-order valence-electron chi connectivity index (χ0n) is 9.69. The van der Waals surface area contributed by atoms with Crippen molar-refractivity contribution in [2.75, 3.05) is 13.2 Å². The maximum Gasteiger partial charge on any atom is 0.234 e. The Kier molecular flexibility index (Phi) is 4.12. The number of hydrogen-bond acceptors (Lipinski definition) is 4. The summed E-state index contributed by atoms with van der Waals surface area (Å²) < 4.78 is 5.20. The van der Waals surface area contributed by atoms with Crippen molar-refractivity contribution in [2.45, 2.75) is 32.7 Å². The number of amides is 1. The Bertz CT molecular complexity index is 283. The van der Waals surface area contributed by atoms with Crippen LogP contribution in [0.3, 0.4) is 0 Å². The SMILES string of the molecule is CC(C)NC(=O)C1(C(N)=NO)CCOCC1. The molecule has 0 spiro atoms. The van der Waals surface area contributed by atoms with E-state index in [0.717, 1.165) is 0 Å². The number of rotatable bonds is 3. The van der Waals surface area contributed by atoms with Crippen molar-refractivity contribution < 1.29 is 14.7 Å². The van der Waals surface area contributed by atoms with Gasteiger partial charge in [0, 0.05) is 19.3 Å². The standard InChI is InChI=1S/C10H19N3O3/c1-7(2)12-9(14)10(8(11)13-15)3-5-16-6-4-10/h7,15H,3-6H2,1-2H3,(H2,11,13)(H,12,14). The molecule has 92 valence electrons. The number of carbonyl (C=O) groups excluding carboxylic acids is 1. The summed E-state index contributed by atoms with van der Waals surface area (Å²) in [7, 11) is 0. The summed E-state index contributed by atoms with van der Waals surface area (Å²) in [5.74, 6) is -0.227. The fraction of sp³-hybridized carbons (Fsp3) is 0.800. The molecule has 0 aliphatic carbocycles. The molecule has 0 aromatic rings. The van der Waals surface area contributed by atoms with Gasteiger partial charge < -0.3 is 21.0 Å². The van der Waals surface area contributed by atoms with E-state index >= 15 is 0 Å². The van der Waals surface area contributed by atoms with Gasteiger partial charge in [0.05, 0.1) is 0 Å². The van der Waals surface area contributed by atoms with E-state index in [1.807, 2.05) is 13.8 Å². The lowest BCUT2D eigenvalue weighted by molar-refractivity contribution is -0.132. The largest absolute Gasteiger partial charge is 0.409 e. The number of carbonyl (C=O) groups is 1. The molecule has 16 heavy (non-hydrogen) atoms. The average molecular weight is 229 g/mol. The molecule has 1 aliphatic heterocycles. The molecule has 6 nitrogen and oxygen atoms in total. The summed E-state index contributed by atoms with van der Waals surface area (Å²) >= 11 is 0. The molecule has 1 aliphatic rings. The lowest BCUT2D eigenvalue weighted by atomic mass is 9.78. The van der Waals surface area contributed by atoms with Gasteiger partial charge in [-0.2, -0.15) is 0 Å². The van der Waals surface area contributed by atoms with E-state index in [0.29, 0.717) is 26.1 Å². The fourth-order valence-electron chi connectivity index (χ4n) is 1.82. The van der Waals surface area contributed by atoms with Crippen LogP contribution in [-0.4, -0.2) is 36.2 Å². The normalized spacial score (nSPS) is 20.8. The molecular formula is C10H19N3O3. The van der Waals surface area contributed by atoms with Gasteiger partial charge in [0.25, 0.3) is 0 Å². The second-order valence-electron chi connectivity index (χ2n) is 4.31. The molecule has 0 saturated carbocycles. The van der Waals surface area contributed by atoms with Crippen molar-refractivity contribution in [3.8, 4) is 0 Å². The maximum atomic E-state index is 12.1. The highest BCUT2D eigenvalue weighted by Crippen LogP contribution is 2.31. The minimum absolute atomic E-state index is 0.0266. The molecule has 1 amide bonds. The molecule has 0 radical (unpaired) electrons. The van der Waals surface area contributed by atoms with Crippen LogP contribution in [0.4, 0.5) is 0 Å². The number of amidine groups is 1. The van der Waals surface area contributed by atoms with Gasteiger partial charge in [-0.25, -0.2) is 0 Å². The molecule has 0 aromatic carbocycles. The number of nitrogens with two attached hydrogens (primary N) is 1. The van der Waals surface area contributed by atoms with Crippen LogP contribution >= 0.6 is 0 Å². The summed E-state index contributed by atoms with van der Waals surface area (Å²) in [5.41, 5.74) is 4.72. The van der Waals surface area contributed by atoms with Crippen molar-refractivity contribution in [2.24, 2.45) is 16.3 Å². The Balaban J connectivity index is 2.90. The van der Waals surface area contributed by atoms with E-state index in [2.05, 4.69) is 10.5 Å². The first-order valence-electron chi connectivity index (χ1n) is 5.39. The third-order valence-corrected chi connectivity index (χ3v) is 2.80. The molecule has 4 N–H and O–H groups in total. The lowest BCUT2D eigenvalue weighted by Crippen LogP contribution is -2.54. The maximum absolute atomic E-state index is 12.1. The van der Waals surface area contributed by atoms with Crippen LogP contribution in [0.1, 0.15) is 26.7 Å². The molecular weight excluding hydrogens is 210 g/mol. The van der Waals surface area contributed by atoms with Crippen LogP contribution < -0.4 is 11.1 Å². The number of nitrogens with zero attached hydrogens (tertiary/aromatic N) is 1. The summed E-state index contributed by atoms with van der Waals surface area (Å²) in [5, 5.41) is 14.6. The van der Waals surface area contributed by atoms with Gasteiger partial charge in [-0.1, -0.05) is 5.16 Å². The fourth-order valence-corrected chi connectivity index (χ4v) is 1.82. The third-order valence-electron chi connectivity index (χ3n) is 2.80. The predicted molar refractivity (Wildman–Crippen MR) is 59.2 cm³/mol. The minimum atomic E-state index is -0.919. The van der Waals surface area contributed by atoms with Crippen molar-refractivity contribution >= 4 is 11.7 Å². The van der Waals surface area contributed by atoms with Crippen LogP contribution in [0.25, 0.3) is 0 Å². The van der Waals surface area contributed by atoms with Crippen molar-refractivity contribution in [3.05, 3.63) is 0 Å². The first-order valence-corrected chi connectivity index (χ1v) is 5.39. The molecule has 0 bridgehead atoms. The van der Waals surface area contributed by atoms with Crippen LogP contribution in [0.15, 0.2) is 5.16 Å². The van der Waals surface area contributed by atoms with E-state index < -0.39 is 5.41 Å². The van der Waals surface area contributed by atoms with E-state index in [4.69, 9.17) is 15.7 Å². The molecule has 1 saturated heterocycles. The summed E-state index contributed by atoms with van der Waals surface area (Å²) in [6, 6.07) is 0.0266. The van der Waals surface area contributed by atoms with E-state index in [9.17, 15) is 4.79 Å². The summed E-state index contributed by atoms with van der Waals surface area (Å²) in [6.45, 7) is 4.64. The first-order chi connectivity index (χ1) is 7.53. The van der Waals surface area contributed by atoms with Gasteiger partial charge in [-0.3, -0.25) is 4.79 Å². The van der Waals surface area contributed by atoms with Gasteiger partial charge >= 0.3 is 0 Å². The van der Waals surface area contributed by atoms with Crippen LogP contribution in [0, 0.1) is 5.41 Å². The smallest absolute Gasteiger partial charge is 0.234 e. The van der Waals surface area contributed by atoms with Crippen molar-refractivity contribution in [1.82, 2.24) is 5.32 Å². The molecule has 0 unspecified atom stereocenters. The minimum Gasteiger partial charge on any atom is -0.409 e. The Morgan fingerprint density at radius 1 is 1.50 bits per heavy atom. The third kappa shape index (κ3) is 2.44. The van der Waals surface area contributed by atoms with Crippen LogP contribution in [0.5, 0.6) is 0 Å². The number of hydrogen-bond donors (Lipinski definition) is 3. The van der Waals surface area contributed by atoms with Gasteiger partial charge in [-0.15, -0.1) is 0 Å². The quantitative estimate of drug-likeness (QED) is 0.276. The molecule has 1 heterocycles. The number of oxime groups is 1. The number of ether oxygens (including phenoxy) is 1. The number of nitrogens with one attached hydrogen (secondary N) is 1. The Morgan fingerprint density at radius 3 is 2.50 bits per heavy atom. The highest BCUT2D eigenvalue weighted by molar-refractivity contribution is 6.06. The Hall–Kier alpha value is -1.30. The van der Waals surface area contributed by atoms with Gasteiger partial charge in [0.1, 0.15) is 5.41 Å². The van der Waals surface area contributed by atoms with Crippen molar-refractivity contribution in [3.63, 3.8) is 0 Å². The van der Waals surface area contributed by atoms with E-state index in [1.165, 1.54) is 0 Å². The molecule has 6 heteroatoms. The zero-order chi connectivity index (χ0) is 12.2. The predicted octanol–water partition coefficient (Wildman–Crippen LogP) is 0.0542. The highest BCUT2D eigenvalue weighted by Gasteiger charge is 2.44. The van der Waals surface area contributed by atoms with E-state index in [-0.39, 0.29) is 17.8 Å². The Labute approximate surface area is 94.8 Å². The molecule has 0 aromatic heterocycles. The van der Waals surface area contributed by atoms with Crippen LogP contribution in [0.2, 0.25) is 0 Å². The van der Waals surface area contributed by atoms with Crippen molar-refractivity contribution in [1.29, 1.82) is 0 Å². The molecule has 0 atom stereocenters. The molecule has 1 rings (SSSR count). The zero-order valence-corrected chi connectivity index (χ0v) is 9.69. The van der Waals surface area contributed by atoms with Gasteiger partial charge in [0.2, 0.25) is 5.91 Å². The van der Waals surface area contributed by atoms with Crippen LogP contribution in [-0.2, 0) is 9.53 Å². The topological polar surface area (TPSA) is 96.9 Å². The first kappa shape index (κ1) is 12.8.